The molecule has 158 valence electrons. The van der Waals surface area contributed by atoms with E-state index in [1.165, 1.54) is 18.3 Å². The predicted octanol–water partition coefficient (Wildman–Crippen LogP) is 5.75. The maximum absolute atomic E-state index is 13.9. The highest BCUT2D eigenvalue weighted by molar-refractivity contribution is 6.04. The normalized spacial score (nSPS) is 10.7. The number of benzene rings is 2. The van der Waals surface area contributed by atoms with Crippen molar-refractivity contribution in [2.24, 2.45) is 0 Å². The van der Waals surface area contributed by atoms with Gasteiger partial charge in [-0.15, -0.1) is 12.4 Å². The Morgan fingerprint density at radius 3 is 2.20 bits per heavy atom. The number of nitrogens with one attached hydrogen (secondary N) is 2. The van der Waals surface area contributed by atoms with Crippen LogP contribution in [0.5, 0.6) is 11.6 Å². The summed E-state index contributed by atoms with van der Waals surface area (Å²) in [4.78, 5) is 16.2. The molecule has 0 saturated carbocycles. The fourth-order valence-electron chi connectivity index (χ4n) is 2.40. The van der Waals surface area contributed by atoms with Gasteiger partial charge in [0.05, 0.1) is 23.0 Å². The zero-order chi connectivity index (χ0) is 21.0. The third-order valence-electron chi connectivity index (χ3n) is 3.90. The van der Waals surface area contributed by atoms with Crippen LogP contribution in [-0.4, -0.2) is 17.9 Å². The third kappa shape index (κ3) is 5.60. The van der Waals surface area contributed by atoms with Crippen LogP contribution in [0.3, 0.4) is 0 Å². The lowest BCUT2D eigenvalue weighted by molar-refractivity contribution is -0.137. The molecule has 0 spiro atoms. The molecule has 1 heterocycles. The Bertz CT molecular complexity index is 1010. The SMILES string of the molecule is CNc1ccc(Oc2ccc(NC(=O)c3ccc(C(F)(F)F)cc3F)cn2)cc1.Cl. The van der Waals surface area contributed by atoms with Gasteiger partial charge in [-0.3, -0.25) is 4.79 Å². The van der Waals surface area contributed by atoms with Crippen LogP contribution in [0.2, 0.25) is 0 Å². The van der Waals surface area contributed by atoms with Gasteiger partial charge in [-0.2, -0.15) is 13.2 Å². The van der Waals surface area contributed by atoms with E-state index in [1.807, 2.05) is 12.1 Å². The summed E-state index contributed by atoms with van der Waals surface area (Å²) in [5.74, 6) is -1.34. The van der Waals surface area contributed by atoms with Crippen LogP contribution in [0.4, 0.5) is 28.9 Å². The third-order valence-corrected chi connectivity index (χ3v) is 3.90. The average molecular weight is 442 g/mol. The highest BCUT2D eigenvalue weighted by Crippen LogP contribution is 2.30. The second-order valence-corrected chi connectivity index (χ2v) is 5.91. The number of carbonyl (C=O) groups is 1. The van der Waals surface area contributed by atoms with E-state index in [1.54, 1.807) is 19.2 Å². The standard InChI is InChI=1S/C20H15F4N3O2.ClH/c1-25-13-3-6-15(7-4-13)29-18-9-5-14(11-26-18)27-19(28)16-8-2-12(10-17(16)21)20(22,23)24;/h2-11,25H,1H3,(H,27,28);1H. The second-order valence-electron chi connectivity index (χ2n) is 5.91. The van der Waals surface area contributed by atoms with E-state index in [-0.39, 0.29) is 30.0 Å². The molecule has 3 rings (SSSR count). The van der Waals surface area contributed by atoms with Gasteiger partial charge in [-0.05, 0) is 48.5 Å². The summed E-state index contributed by atoms with van der Waals surface area (Å²) >= 11 is 0. The van der Waals surface area contributed by atoms with Gasteiger partial charge in [0.15, 0.2) is 0 Å². The largest absolute Gasteiger partial charge is 0.439 e. The van der Waals surface area contributed by atoms with E-state index >= 15 is 0 Å². The Labute approximate surface area is 175 Å². The van der Waals surface area contributed by atoms with Crippen LogP contribution < -0.4 is 15.4 Å². The van der Waals surface area contributed by atoms with Crippen molar-refractivity contribution in [3.8, 4) is 11.6 Å². The van der Waals surface area contributed by atoms with Crippen molar-refractivity contribution in [3.63, 3.8) is 0 Å². The summed E-state index contributed by atoms with van der Waals surface area (Å²) < 4.78 is 57.2. The molecule has 10 heteroatoms. The summed E-state index contributed by atoms with van der Waals surface area (Å²) in [6.45, 7) is 0. The van der Waals surface area contributed by atoms with Crippen LogP contribution >= 0.6 is 12.4 Å². The number of hydrogen-bond donors (Lipinski definition) is 2. The van der Waals surface area contributed by atoms with Gasteiger partial charge >= 0.3 is 6.18 Å². The van der Waals surface area contributed by atoms with E-state index in [2.05, 4.69) is 15.6 Å². The first-order chi connectivity index (χ1) is 13.8. The quantitative estimate of drug-likeness (QED) is 0.495. The molecule has 0 unspecified atom stereocenters. The molecule has 0 fully saturated rings. The van der Waals surface area contributed by atoms with Crippen LogP contribution in [-0.2, 0) is 6.18 Å². The molecule has 2 aromatic carbocycles. The van der Waals surface area contributed by atoms with Gasteiger partial charge in [0, 0.05) is 18.8 Å². The van der Waals surface area contributed by atoms with Gasteiger partial charge < -0.3 is 15.4 Å². The predicted molar refractivity (Wildman–Crippen MR) is 107 cm³/mol. The van der Waals surface area contributed by atoms with Crippen molar-refractivity contribution in [2.45, 2.75) is 6.18 Å². The Morgan fingerprint density at radius 2 is 1.67 bits per heavy atom. The molecule has 0 saturated heterocycles. The van der Waals surface area contributed by atoms with Crippen molar-refractivity contribution in [1.82, 2.24) is 4.98 Å². The van der Waals surface area contributed by atoms with E-state index in [9.17, 15) is 22.4 Å². The fraction of sp³-hybridized carbons (Fsp3) is 0.100. The lowest BCUT2D eigenvalue weighted by Crippen LogP contribution is -2.15. The van der Waals surface area contributed by atoms with Crippen molar-refractivity contribution < 1.29 is 27.1 Å². The Balaban J connectivity index is 0.00000320. The van der Waals surface area contributed by atoms with Gasteiger partial charge in [-0.1, -0.05) is 0 Å². The molecule has 3 aromatic rings. The summed E-state index contributed by atoms with van der Waals surface area (Å²) in [5, 5.41) is 5.35. The number of anilines is 2. The highest BCUT2D eigenvalue weighted by atomic mass is 35.5. The fourth-order valence-corrected chi connectivity index (χ4v) is 2.40. The maximum atomic E-state index is 13.9. The molecule has 0 radical (unpaired) electrons. The number of ether oxygens (including phenoxy) is 1. The second kappa shape index (κ2) is 9.45. The highest BCUT2D eigenvalue weighted by Gasteiger charge is 2.31. The van der Waals surface area contributed by atoms with Crippen molar-refractivity contribution >= 4 is 29.7 Å². The lowest BCUT2D eigenvalue weighted by Gasteiger charge is -2.10. The lowest BCUT2D eigenvalue weighted by atomic mass is 10.1. The number of aromatic nitrogens is 1. The number of pyridine rings is 1. The number of rotatable bonds is 5. The Hall–Kier alpha value is -3.33. The maximum Gasteiger partial charge on any atom is 0.416 e. The molecular weight excluding hydrogens is 426 g/mol. The van der Waals surface area contributed by atoms with Gasteiger partial charge in [0.1, 0.15) is 11.6 Å². The molecule has 1 amide bonds. The molecule has 5 nitrogen and oxygen atoms in total. The van der Waals surface area contributed by atoms with E-state index < -0.39 is 29.0 Å². The summed E-state index contributed by atoms with van der Waals surface area (Å²) in [7, 11) is 1.79. The van der Waals surface area contributed by atoms with E-state index in [4.69, 9.17) is 4.74 Å². The van der Waals surface area contributed by atoms with Crippen LogP contribution in [0.25, 0.3) is 0 Å². The van der Waals surface area contributed by atoms with Crippen LogP contribution in [0.1, 0.15) is 15.9 Å². The summed E-state index contributed by atoms with van der Waals surface area (Å²) in [5.41, 5.74) is -0.536. The number of amides is 1. The molecule has 0 aliphatic heterocycles. The van der Waals surface area contributed by atoms with Crippen LogP contribution in [0.15, 0.2) is 60.8 Å². The molecular formula is C20H16ClF4N3O2. The van der Waals surface area contributed by atoms with E-state index in [0.717, 1.165) is 11.8 Å². The van der Waals surface area contributed by atoms with Gasteiger partial charge in [0.2, 0.25) is 5.88 Å². The monoisotopic (exact) mass is 441 g/mol. The topological polar surface area (TPSA) is 63.2 Å². The summed E-state index contributed by atoms with van der Waals surface area (Å²) in [6.07, 6.45) is -3.40. The first-order valence-electron chi connectivity index (χ1n) is 8.36. The number of alkyl halides is 3. The molecule has 1 aromatic heterocycles. The number of halogens is 5. The summed E-state index contributed by atoms with van der Waals surface area (Å²) in [6, 6.07) is 11.8. The Morgan fingerprint density at radius 1 is 1.00 bits per heavy atom. The smallest absolute Gasteiger partial charge is 0.416 e. The Kier molecular flexibility index (Phi) is 7.23. The van der Waals surface area contributed by atoms with Gasteiger partial charge in [-0.25, -0.2) is 9.37 Å². The molecule has 0 aliphatic carbocycles. The number of hydrogen-bond acceptors (Lipinski definition) is 4. The number of carbonyl (C=O) groups excluding carboxylic acids is 1. The van der Waals surface area contributed by atoms with Crippen molar-refractivity contribution in [3.05, 3.63) is 77.7 Å². The molecule has 0 atom stereocenters. The minimum atomic E-state index is -4.69. The average Bonchev–Trinajstić information content (AvgIpc) is 2.69. The minimum absolute atomic E-state index is 0. The first-order valence-corrected chi connectivity index (χ1v) is 8.36. The van der Waals surface area contributed by atoms with Gasteiger partial charge in [0.25, 0.3) is 5.91 Å². The zero-order valence-corrected chi connectivity index (χ0v) is 16.3. The van der Waals surface area contributed by atoms with Crippen molar-refractivity contribution in [2.75, 3.05) is 17.7 Å². The zero-order valence-electron chi connectivity index (χ0n) is 15.5. The molecule has 0 bridgehead atoms. The minimum Gasteiger partial charge on any atom is -0.439 e. The first kappa shape index (κ1) is 23.0. The van der Waals surface area contributed by atoms with Crippen LogP contribution in [0, 0.1) is 5.82 Å². The van der Waals surface area contributed by atoms with Crippen molar-refractivity contribution in [1.29, 1.82) is 0 Å². The molecule has 0 aliphatic rings. The number of nitrogens with zero attached hydrogens (tertiary/aromatic N) is 1. The molecule has 30 heavy (non-hydrogen) atoms. The molecule has 2 N–H and O–H groups in total. The van der Waals surface area contributed by atoms with E-state index in [0.29, 0.717) is 11.8 Å².